The molecule has 1 amide bonds. The molecule has 0 spiro atoms. The normalized spacial score (nSPS) is 9.88. The van der Waals surface area contributed by atoms with Gasteiger partial charge in [-0.3, -0.25) is 10.1 Å². The van der Waals surface area contributed by atoms with Crippen LogP contribution < -0.4 is 15.8 Å². The van der Waals surface area contributed by atoms with E-state index in [1.165, 1.54) is 13.2 Å². The molecule has 0 saturated carbocycles. The van der Waals surface area contributed by atoms with Crippen LogP contribution in [0.1, 0.15) is 10.5 Å². The smallest absolute Gasteiger partial charge is 0.276 e. The number of pyridine rings is 1. The molecule has 1 radical (unpaired) electrons. The molecule has 0 aliphatic heterocycles. The molecule has 0 saturated heterocycles. The van der Waals surface area contributed by atoms with Gasteiger partial charge in [0.25, 0.3) is 5.91 Å². The molecule has 0 fully saturated rings. The Labute approximate surface area is 159 Å². The summed E-state index contributed by atoms with van der Waals surface area (Å²) in [6.45, 7) is 0. The summed E-state index contributed by atoms with van der Waals surface area (Å²) < 4.78 is 5.23. The zero-order valence-corrected chi connectivity index (χ0v) is 15.1. The average Bonchev–Trinajstić information content (AvgIpc) is 3.08. The number of ether oxygens (including phenoxy) is 1. The summed E-state index contributed by atoms with van der Waals surface area (Å²) in [4.78, 5) is 16.6. The Hall–Kier alpha value is -2.49. The molecule has 10 heteroatoms. The van der Waals surface area contributed by atoms with Crippen molar-refractivity contribution in [1.29, 1.82) is 0 Å². The first-order valence-electron chi connectivity index (χ1n) is 6.63. The number of hydrogen-bond donors (Lipinski definition) is 3. The first-order chi connectivity index (χ1) is 11.2. The number of hydrogen-bond acceptors (Lipinski definition) is 7. The number of carbonyl (C=O) groups is 1. The van der Waals surface area contributed by atoms with Crippen LogP contribution in [0.5, 0.6) is 5.75 Å². The SMILES string of the molecule is COc1cc(C(=O)Nc2nnn[nH]2)nc(-c2ccc(N)cc2)c1.[Na]. The fourth-order valence-electron chi connectivity index (χ4n) is 1.93. The fourth-order valence-corrected chi connectivity index (χ4v) is 1.93. The second-order valence-electron chi connectivity index (χ2n) is 4.60. The minimum Gasteiger partial charge on any atom is -0.497 e. The van der Waals surface area contributed by atoms with Crippen molar-refractivity contribution in [1.82, 2.24) is 25.6 Å². The maximum atomic E-state index is 12.3. The van der Waals surface area contributed by atoms with Gasteiger partial charge in [0.2, 0.25) is 5.95 Å². The summed E-state index contributed by atoms with van der Waals surface area (Å²) in [6.07, 6.45) is 0. The molecule has 117 valence electrons. The minimum absolute atomic E-state index is 0. The number of carbonyl (C=O) groups excluding carboxylic acids is 1. The predicted molar refractivity (Wildman–Crippen MR) is 88.5 cm³/mol. The van der Waals surface area contributed by atoms with Crippen molar-refractivity contribution in [2.24, 2.45) is 0 Å². The first-order valence-corrected chi connectivity index (χ1v) is 6.63. The zero-order valence-electron chi connectivity index (χ0n) is 13.1. The molecule has 3 aromatic rings. The van der Waals surface area contributed by atoms with E-state index in [2.05, 4.69) is 30.9 Å². The van der Waals surface area contributed by atoms with Crippen molar-refractivity contribution >= 4 is 47.1 Å². The van der Waals surface area contributed by atoms with Gasteiger partial charge in [-0.25, -0.2) is 10.1 Å². The van der Waals surface area contributed by atoms with Gasteiger partial charge in [0.05, 0.1) is 12.8 Å². The molecule has 24 heavy (non-hydrogen) atoms. The van der Waals surface area contributed by atoms with E-state index in [0.29, 0.717) is 17.1 Å². The van der Waals surface area contributed by atoms with Gasteiger partial charge < -0.3 is 10.5 Å². The molecule has 0 aliphatic rings. The Kier molecular flexibility index (Phi) is 5.85. The molecule has 1 aromatic carbocycles. The maximum absolute atomic E-state index is 12.3. The van der Waals surface area contributed by atoms with Crippen molar-refractivity contribution in [3.8, 4) is 17.0 Å². The van der Waals surface area contributed by atoms with Gasteiger partial charge >= 0.3 is 0 Å². The summed E-state index contributed by atoms with van der Waals surface area (Å²) >= 11 is 0. The molecule has 2 heterocycles. The molecular formula is C14H13N7NaO2. The number of nitrogen functional groups attached to an aromatic ring is 1. The predicted octanol–water partition coefficient (Wildman–Crippen LogP) is 0.724. The molecule has 0 atom stereocenters. The van der Waals surface area contributed by atoms with Crippen LogP contribution in [-0.4, -0.2) is 68.2 Å². The Bertz CT molecular complexity index is 822. The Morgan fingerprint density at radius 2 is 2.00 bits per heavy atom. The molecule has 0 bridgehead atoms. The Balaban J connectivity index is 0.00000208. The number of rotatable bonds is 4. The third kappa shape index (κ3) is 4.07. The third-order valence-corrected chi connectivity index (χ3v) is 3.05. The van der Waals surface area contributed by atoms with Gasteiger partial charge in [-0.1, -0.05) is 17.2 Å². The van der Waals surface area contributed by atoms with Crippen LogP contribution in [0.4, 0.5) is 11.6 Å². The number of benzene rings is 1. The number of anilines is 2. The Morgan fingerprint density at radius 1 is 1.25 bits per heavy atom. The number of H-pyrrole nitrogens is 1. The second-order valence-corrected chi connectivity index (χ2v) is 4.60. The van der Waals surface area contributed by atoms with Crippen LogP contribution in [-0.2, 0) is 0 Å². The number of aromatic amines is 1. The van der Waals surface area contributed by atoms with Gasteiger partial charge in [0.15, 0.2) is 0 Å². The van der Waals surface area contributed by atoms with Crippen molar-refractivity contribution in [3.63, 3.8) is 0 Å². The first kappa shape index (κ1) is 17.9. The van der Waals surface area contributed by atoms with Crippen molar-refractivity contribution in [3.05, 3.63) is 42.1 Å². The van der Waals surface area contributed by atoms with E-state index < -0.39 is 5.91 Å². The van der Waals surface area contributed by atoms with Crippen molar-refractivity contribution in [2.45, 2.75) is 0 Å². The van der Waals surface area contributed by atoms with E-state index in [9.17, 15) is 4.79 Å². The molecule has 0 aliphatic carbocycles. The number of nitrogens with two attached hydrogens (primary N) is 1. The van der Waals surface area contributed by atoms with Gasteiger partial charge in [-0.2, -0.15) is 0 Å². The summed E-state index contributed by atoms with van der Waals surface area (Å²) in [6, 6.07) is 10.4. The molecule has 2 aromatic heterocycles. The Morgan fingerprint density at radius 3 is 2.62 bits per heavy atom. The van der Waals surface area contributed by atoms with E-state index in [1.54, 1.807) is 18.2 Å². The monoisotopic (exact) mass is 334 g/mol. The summed E-state index contributed by atoms with van der Waals surface area (Å²) in [7, 11) is 1.52. The number of nitrogens with zero attached hydrogens (tertiary/aromatic N) is 4. The van der Waals surface area contributed by atoms with Crippen LogP contribution in [0.3, 0.4) is 0 Å². The molecule has 0 unspecified atom stereocenters. The minimum atomic E-state index is -0.459. The van der Waals surface area contributed by atoms with E-state index in [-0.39, 0.29) is 41.2 Å². The van der Waals surface area contributed by atoms with Crippen molar-refractivity contribution in [2.75, 3.05) is 18.2 Å². The van der Waals surface area contributed by atoms with E-state index in [1.807, 2.05) is 12.1 Å². The van der Waals surface area contributed by atoms with Gasteiger partial charge in [0.1, 0.15) is 11.4 Å². The van der Waals surface area contributed by atoms with Gasteiger partial charge in [-0.15, -0.1) is 0 Å². The van der Waals surface area contributed by atoms with Crippen LogP contribution in [0.25, 0.3) is 11.3 Å². The quantitative estimate of drug-likeness (QED) is 0.473. The zero-order chi connectivity index (χ0) is 16.2. The fraction of sp³-hybridized carbons (Fsp3) is 0.0714. The number of amides is 1. The number of tetrazole rings is 1. The van der Waals surface area contributed by atoms with E-state index in [0.717, 1.165) is 5.56 Å². The number of aromatic nitrogens is 5. The summed E-state index contributed by atoms with van der Waals surface area (Å²) in [5, 5.41) is 15.3. The van der Waals surface area contributed by atoms with Crippen LogP contribution in [0, 0.1) is 0 Å². The summed E-state index contributed by atoms with van der Waals surface area (Å²) in [5.74, 6) is 0.181. The largest absolute Gasteiger partial charge is 0.497 e. The third-order valence-electron chi connectivity index (χ3n) is 3.05. The summed E-state index contributed by atoms with van der Waals surface area (Å²) in [5.41, 5.74) is 7.90. The van der Waals surface area contributed by atoms with Crippen LogP contribution in [0.2, 0.25) is 0 Å². The topological polar surface area (TPSA) is 132 Å². The van der Waals surface area contributed by atoms with Crippen LogP contribution >= 0.6 is 0 Å². The molecule has 3 rings (SSSR count). The maximum Gasteiger partial charge on any atom is 0.276 e. The standard InChI is InChI=1S/C14H13N7O2.Na/c1-23-10-6-11(8-2-4-9(15)5-3-8)16-12(7-10)13(22)17-14-18-20-21-19-14;/h2-7H,15H2,1H3,(H2,17,18,19,20,21,22);. The number of nitrogens with one attached hydrogen (secondary N) is 2. The molecule has 9 nitrogen and oxygen atoms in total. The molecular weight excluding hydrogens is 321 g/mol. The van der Waals surface area contributed by atoms with E-state index in [4.69, 9.17) is 10.5 Å². The van der Waals surface area contributed by atoms with Gasteiger partial charge in [0, 0.05) is 52.9 Å². The van der Waals surface area contributed by atoms with Gasteiger partial charge in [-0.05, 0) is 22.6 Å². The van der Waals surface area contributed by atoms with E-state index >= 15 is 0 Å². The number of methoxy groups -OCH3 is 1. The molecule has 4 N–H and O–H groups in total. The second kappa shape index (κ2) is 7.86. The van der Waals surface area contributed by atoms with Crippen LogP contribution in [0.15, 0.2) is 36.4 Å². The average molecular weight is 334 g/mol. The van der Waals surface area contributed by atoms with Crippen molar-refractivity contribution < 1.29 is 9.53 Å².